The normalized spacial score (nSPS) is 11.5. The first-order valence-corrected chi connectivity index (χ1v) is 4.09. The van der Waals surface area contributed by atoms with Crippen LogP contribution in [0.4, 0.5) is 0 Å². The van der Waals surface area contributed by atoms with E-state index in [9.17, 15) is 4.21 Å². The molecule has 1 N–H and O–H groups in total. The molecule has 0 spiro atoms. The molecule has 0 bridgehead atoms. The molecule has 0 aliphatic rings. The molecule has 1 radical (unpaired) electrons. The maximum atomic E-state index is 10.5. The van der Waals surface area contributed by atoms with Crippen molar-refractivity contribution in [2.75, 3.05) is 7.11 Å². The van der Waals surface area contributed by atoms with Crippen molar-refractivity contribution in [2.45, 2.75) is 4.90 Å². The summed E-state index contributed by atoms with van der Waals surface area (Å²) in [6.07, 6.45) is 0. The Hall–Kier alpha value is 0.130. The molecule has 0 aliphatic heterocycles. The molecule has 3 nitrogen and oxygen atoms in total. The minimum Gasteiger partial charge on any atom is -0.497 e. The van der Waals surface area contributed by atoms with Crippen LogP contribution in [-0.2, 0) is 11.1 Å². The quantitative estimate of drug-likeness (QED) is 0.563. The van der Waals surface area contributed by atoms with Gasteiger partial charge < -0.3 is 9.29 Å². The largest absolute Gasteiger partial charge is 0.497 e. The molecule has 61 valence electrons. The zero-order valence-electron chi connectivity index (χ0n) is 6.98. The summed E-state index contributed by atoms with van der Waals surface area (Å²) in [5, 5.41) is 0. The minimum atomic E-state index is -1.92. The predicted octanol–water partition coefficient (Wildman–Crippen LogP) is 0.895. The standard InChI is InChI=1S/C7H8O3S.Na/c1-10-6-3-2-4-7(5-6)11(8)9;/h2-5H,1H3,(H,8,9);. The van der Waals surface area contributed by atoms with E-state index in [0.717, 1.165) is 0 Å². The van der Waals surface area contributed by atoms with E-state index in [1.54, 1.807) is 18.2 Å². The Kier molecular flexibility index (Phi) is 5.78. The van der Waals surface area contributed by atoms with Crippen molar-refractivity contribution in [2.24, 2.45) is 0 Å². The summed E-state index contributed by atoms with van der Waals surface area (Å²) in [6, 6.07) is 6.48. The number of methoxy groups -OCH3 is 1. The first-order chi connectivity index (χ1) is 5.24. The maximum Gasteiger partial charge on any atom is 0.186 e. The van der Waals surface area contributed by atoms with Gasteiger partial charge in [0.05, 0.1) is 12.0 Å². The predicted molar refractivity (Wildman–Crippen MR) is 47.8 cm³/mol. The molecule has 1 rings (SSSR count). The number of benzene rings is 1. The molecule has 0 heterocycles. The van der Waals surface area contributed by atoms with Crippen LogP contribution in [0.15, 0.2) is 29.2 Å². The van der Waals surface area contributed by atoms with Gasteiger partial charge in [-0.1, -0.05) is 6.07 Å². The van der Waals surface area contributed by atoms with Crippen LogP contribution in [0.25, 0.3) is 0 Å². The zero-order valence-corrected chi connectivity index (χ0v) is 9.80. The monoisotopic (exact) mass is 195 g/mol. The second kappa shape index (κ2) is 5.72. The van der Waals surface area contributed by atoms with Crippen LogP contribution in [0.5, 0.6) is 5.75 Å². The fraction of sp³-hybridized carbons (Fsp3) is 0.143. The van der Waals surface area contributed by atoms with Gasteiger partial charge in [-0.25, -0.2) is 4.21 Å². The summed E-state index contributed by atoms with van der Waals surface area (Å²) < 4.78 is 24.0. The molecule has 0 saturated carbocycles. The molecule has 0 amide bonds. The maximum absolute atomic E-state index is 10.5. The Balaban J connectivity index is 0.00000121. The van der Waals surface area contributed by atoms with E-state index in [1.165, 1.54) is 13.2 Å². The van der Waals surface area contributed by atoms with Gasteiger partial charge in [-0.3, -0.25) is 0 Å². The van der Waals surface area contributed by atoms with E-state index in [0.29, 0.717) is 10.6 Å². The van der Waals surface area contributed by atoms with E-state index in [2.05, 4.69) is 0 Å². The van der Waals surface area contributed by atoms with E-state index in [1.807, 2.05) is 0 Å². The van der Waals surface area contributed by atoms with Gasteiger partial charge in [0.25, 0.3) is 0 Å². The third kappa shape index (κ3) is 3.25. The minimum absolute atomic E-state index is 0. The number of hydrogen-bond donors (Lipinski definition) is 1. The number of rotatable bonds is 2. The van der Waals surface area contributed by atoms with Crippen LogP contribution >= 0.6 is 0 Å². The van der Waals surface area contributed by atoms with Crippen molar-refractivity contribution in [1.29, 1.82) is 0 Å². The molecular weight excluding hydrogens is 187 g/mol. The third-order valence-electron chi connectivity index (χ3n) is 1.24. The molecule has 0 saturated heterocycles. The van der Waals surface area contributed by atoms with Gasteiger partial charge in [-0.2, -0.15) is 0 Å². The second-order valence-corrected chi connectivity index (χ2v) is 2.90. The molecule has 0 aromatic heterocycles. The van der Waals surface area contributed by atoms with Gasteiger partial charge in [0, 0.05) is 29.6 Å². The summed E-state index contributed by atoms with van der Waals surface area (Å²) >= 11 is -1.92. The Morgan fingerprint density at radius 3 is 2.67 bits per heavy atom. The molecule has 1 aromatic rings. The van der Waals surface area contributed by atoms with Crippen molar-refractivity contribution in [3.8, 4) is 5.75 Å². The Bertz CT molecular complexity index is 277. The molecule has 1 unspecified atom stereocenters. The van der Waals surface area contributed by atoms with Crippen molar-refractivity contribution in [1.82, 2.24) is 0 Å². The fourth-order valence-corrected chi connectivity index (χ4v) is 1.12. The van der Waals surface area contributed by atoms with E-state index >= 15 is 0 Å². The summed E-state index contributed by atoms with van der Waals surface area (Å²) in [7, 11) is 1.51. The van der Waals surface area contributed by atoms with Crippen LogP contribution in [0.1, 0.15) is 0 Å². The third-order valence-corrected chi connectivity index (χ3v) is 1.90. The molecule has 1 aromatic carbocycles. The smallest absolute Gasteiger partial charge is 0.186 e. The Labute approximate surface area is 95.7 Å². The van der Waals surface area contributed by atoms with Gasteiger partial charge >= 0.3 is 0 Å². The van der Waals surface area contributed by atoms with Crippen LogP contribution in [0.2, 0.25) is 0 Å². The van der Waals surface area contributed by atoms with Gasteiger partial charge in [-0.15, -0.1) is 0 Å². The SMILES string of the molecule is COc1cccc(S(=O)O)c1.[Na]. The average molecular weight is 195 g/mol. The van der Waals surface area contributed by atoms with Gasteiger partial charge in [0.15, 0.2) is 11.1 Å². The topological polar surface area (TPSA) is 46.5 Å². The van der Waals surface area contributed by atoms with Crippen molar-refractivity contribution < 1.29 is 13.5 Å². The molecule has 5 heteroatoms. The van der Waals surface area contributed by atoms with E-state index in [4.69, 9.17) is 9.29 Å². The van der Waals surface area contributed by atoms with E-state index in [-0.39, 0.29) is 29.6 Å². The van der Waals surface area contributed by atoms with Crippen LogP contribution < -0.4 is 4.74 Å². The van der Waals surface area contributed by atoms with Crippen LogP contribution in [-0.4, -0.2) is 45.4 Å². The Morgan fingerprint density at radius 1 is 1.50 bits per heavy atom. The van der Waals surface area contributed by atoms with Crippen LogP contribution in [0, 0.1) is 0 Å². The number of hydrogen-bond acceptors (Lipinski definition) is 2. The fourth-order valence-electron chi connectivity index (χ4n) is 0.710. The molecule has 12 heavy (non-hydrogen) atoms. The molecule has 0 fully saturated rings. The van der Waals surface area contributed by atoms with Crippen molar-refractivity contribution in [3.63, 3.8) is 0 Å². The first kappa shape index (κ1) is 12.1. The van der Waals surface area contributed by atoms with Crippen molar-refractivity contribution in [3.05, 3.63) is 24.3 Å². The van der Waals surface area contributed by atoms with E-state index < -0.39 is 11.1 Å². The average Bonchev–Trinajstić information content (AvgIpc) is 2.05. The summed E-state index contributed by atoms with van der Waals surface area (Å²) in [4.78, 5) is 0.351. The van der Waals surface area contributed by atoms with Crippen molar-refractivity contribution >= 4 is 40.6 Å². The van der Waals surface area contributed by atoms with Gasteiger partial charge in [-0.05, 0) is 18.2 Å². The van der Waals surface area contributed by atoms with Crippen LogP contribution in [0.3, 0.4) is 0 Å². The first-order valence-electron chi connectivity index (χ1n) is 2.99. The summed E-state index contributed by atoms with van der Waals surface area (Å²) in [5.41, 5.74) is 0. The summed E-state index contributed by atoms with van der Waals surface area (Å²) in [6.45, 7) is 0. The Morgan fingerprint density at radius 2 is 2.17 bits per heavy atom. The van der Waals surface area contributed by atoms with Gasteiger partial charge in [0.2, 0.25) is 0 Å². The molecular formula is C7H8NaO3S. The molecule has 0 aliphatic carbocycles. The summed E-state index contributed by atoms with van der Waals surface area (Å²) in [5.74, 6) is 0.588. The van der Waals surface area contributed by atoms with Gasteiger partial charge in [0.1, 0.15) is 5.75 Å². The second-order valence-electron chi connectivity index (χ2n) is 1.93. The molecule has 1 atom stereocenters. The zero-order chi connectivity index (χ0) is 8.27. The number of ether oxygens (including phenoxy) is 1.